The molecule has 1 aliphatic carbocycles. The van der Waals surface area contributed by atoms with Crippen molar-refractivity contribution >= 4 is 27.6 Å². The normalized spacial score (nSPS) is 19.2. The quantitative estimate of drug-likeness (QED) is 0.329. The van der Waals surface area contributed by atoms with Crippen LogP contribution >= 0.6 is 0 Å². The molecule has 12 nitrogen and oxygen atoms in total. The summed E-state index contributed by atoms with van der Waals surface area (Å²) < 4.78 is 94.5. The zero-order valence-corrected chi connectivity index (χ0v) is 26.2. The van der Waals surface area contributed by atoms with E-state index < -0.39 is 51.5 Å². The Hall–Kier alpha value is -4.06. The summed E-state index contributed by atoms with van der Waals surface area (Å²) in [5.41, 5.74) is 2.32. The molecule has 0 bridgehead atoms. The van der Waals surface area contributed by atoms with Crippen LogP contribution in [0.5, 0.6) is 11.6 Å². The number of likely N-dealkylation sites (N-methyl/N-ethyl adjacent to an activating group) is 2. The molecule has 5 rings (SSSR count). The lowest BCUT2D eigenvalue weighted by Gasteiger charge is -2.32. The van der Waals surface area contributed by atoms with Gasteiger partial charge in [0.2, 0.25) is 21.9 Å². The van der Waals surface area contributed by atoms with Crippen LogP contribution in [0, 0.1) is 5.82 Å². The van der Waals surface area contributed by atoms with Crippen LogP contribution in [-0.4, -0.2) is 98.3 Å². The van der Waals surface area contributed by atoms with Gasteiger partial charge in [0, 0.05) is 51.9 Å². The van der Waals surface area contributed by atoms with Crippen molar-refractivity contribution in [3.8, 4) is 11.6 Å². The standard InChI is InChI=1S/C29H33F4N7O5S/c1-38-9-11-40(12-10-38)37-26(41)19-14-23(44-3)22(15-21(19)30)35-28-34-16-20(29(31,32)33)27(36-28)45-24-13-17-7-5-6-8-18(17)25(24)39(2)46(4,42)43/h5-8,14-16,24-25H,9-13H2,1-4H3,(H,37,41)(H,34,35,36)/t24-,25-/m1/s1. The minimum Gasteiger partial charge on any atom is -0.495 e. The minimum absolute atomic E-state index is 0.00280. The zero-order chi connectivity index (χ0) is 33.4. The molecular formula is C29H33F4N7O5S. The molecular weight excluding hydrogens is 634 g/mol. The molecule has 1 aromatic heterocycles. The van der Waals surface area contributed by atoms with Gasteiger partial charge in [0.15, 0.2) is 0 Å². The van der Waals surface area contributed by atoms with Crippen LogP contribution < -0.4 is 20.2 Å². The summed E-state index contributed by atoms with van der Waals surface area (Å²) in [6.45, 7) is 2.54. The molecule has 0 saturated carbocycles. The van der Waals surface area contributed by atoms with Gasteiger partial charge in [0.05, 0.1) is 30.7 Å². The van der Waals surface area contributed by atoms with Crippen LogP contribution in [-0.2, 0) is 22.6 Å². The Morgan fingerprint density at radius 3 is 2.48 bits per heavy atom. The number of methoxy groups -OCH3 is 1. The molecule has 1 amide bonds. The number of amides is 1. The fraction of sp³-hybridized carbons (Fsp3) is 0.414. The average molecular weight is 668 g/mol. The number of benzene rings is 2. The molecule has 0 unspecified atom stereocenters. The Morgan fingerprint density at radius 1 is 1.13 bits per heavy atom. The molecule has 17 heteroatoms. The van der Waals surface area contributed by atoms with Gasteiger partial charge in [-0.15, -0.1) is 0 Å². The molecule has 2 aromatic carbocycles. The van der Waals surface area contributed by atoms with Gasteiger partial charge >= 0.3 is 6.18 Å². The van der Waals surface area contributed by atoms with Gasteiger partial charge in [0.1, 0.15) is 23.2 Å². The third kappa shape index (κ3) is 7.16. The van der Waals surface area contributed by atoms with E-state index in [1.54, 1.807) is 29.3 Å². The van der Waals surface area contributed by atoms with Gasteiger partial charge in [-0.1, -0.05) is 24.3 Å². The van der Waals surface area contributed by atoms with Crippen molar-refractivity contribution in [2.24, 2.45) is 0 Å². The molecule has 2 aliphatic rings. The molecule has 0 spiro atoms. The number of nitrogens with zero attached hydrogens (tertiary/aromatic N) is 5. The summed E-state index contributed by atoms with van der Waals surface area (Å²) in [6.07, 6.45) is -4.36. The van der Waals surface area contributed by atoms with Crippen LogP contribution in [0.1, 0.15) is 33.1 Å². The SMILES string of the molecule is COc1cc(C(=O)NN2CCN(C)CC2)c(F)cc1Nc1ncc(C(F)(F)F)c(O[C@@H]2Cc3ccccc3[C@H]2N(C)S(C)(=O)=O)n1. The van der Waals surface area contributed by atoms with Gasteiger partial charge in [-0.2, -0.15) is 22.5 Å². The van der Waals surface area contributed by atoms with Gasteiger partial charge in [0.25, 0.3) is 5.91 Å². The van der Waals surface area contributed by atoms with Crippen molar-refractivity contribution in [3.05, 3.63) is 70.7 Å². The van der Waals surface area contributed by atoms with E-state index in [1.165, 1.54) is 14.2 Å². The Kier molecular flexibility index (Phi) is 9.40. The lowest BCUT2D eigenvalue weighted by Crippen LogP contribution is -2.52. The Bertz CT molecular complexity index is 1720. The largest absolute Gasteiger partial charge is 0.495 e. The van der Waals surface area contributed by atoms with E-state index in [0.29, 0.717) is 30.4 Å². The molecule has 2 N–H and O–H groups in total. The summed E-state index contributed by atoms with van der Waals surface area (Å²) in [4.78, 5) is 22.7. The van der Waals surface area contributed by atoms with Crippen LogP contribution in [0.3, 0.4) is 0 Å². The van der Waals surface area contributed by atoms with Crippen molar-refractivity contribution in [1.82, 2.24) is 29.6 Å². The number of halogens is 4. The number of hydrazine groups is 1. The molecule has 46 heavy (non-hydrogen) atoms. The van der Waals surface area contributed by atoms with Crippen molar-refractivity contribution < 1.29 is 40.2 Å². The molecule has 2 heterocycles. The first-order chi connectivity index (χ1) is 21.7. The van der Waals surface area contributed by atoms with E-state index in [2.05, 4.69) is 25.6 Å². The predicted molar refractivity (Wildman–Crippen MR) is 160 cm³/mol. The number of ether oxygens (including phenoxy) is 2. The Balaban J connectivity index is 1.43. The molecule has 248 valence electrons. The van der Waals surface area contributed by atoms with Gasteiger partial charge in [-0.3, -0.25) is 10.2 Å². The second-order valence-corrected chi connectivity index (χ2v) is 13.1. The molecule has 2 atom stereocenters. The number of aromatic nitrogens is 2. The van der Waals surface area contributed by atoms with Gasteiger partial charge < -0.3 is 19.7 Å². The number of hydrogen-bond acceptors (Lipinski definition) is 10. The molecule has 1 fully saturated rings. The first kappa shape index (κ1) is 33.3. The lowest BCUT2D eigenvalue weighted by atomic mass is 10.1. The monoisotopic (exact) mass is 667 g/mol. The van der Waals surface area contributed by atoms with Crippen LogP contribution in [0.25, 0.3) is 0 Å². The highest BCUT2D eigenvalue weighted by atomic mass is 32.2. The number of hydrogen-bond donors (Lipinski definition) is 2. The second kappa shape index (κ2) is 13.0. The number of rotatable bonds is 9. The molecule has 1 saturated heterocycles. The number of anilines is 2. The highest BCUT2D eigenvalue weighted by molar-refractivity contribution is 7.88. The Labute approximate surface area is 263 Å². The predicted octanol–water partition coefficient (Wildman–Crippen LogP) is 3.22. The summed E-state index contributed by atoms with van der Waals surface area (Å²) >= 11 is 0. The summed E-state index contributed by atoms with van der Waals surface area (Å²) in [6, 6.07) is 8.05. The lowest BCUT2D eigenvalue weighted by molar-refractivity contribution is -0.140. The van der Waals surface area contributed by atoms with Crippen LogP contribution in [0.15, 0.2) is 42.6 Å². The van der Waals surface area contributed by atoms with Crippen molar-refractivity contribution in [2.45, 2.75) is 24.7 Å². The van der Waals surface area contributed by atoms with Crippen LogP contribution in [0.4, 0.5) is 29.2 Å². The smallest absolute Gasteiger partial charge is 0.423 e. The second-order valence-electron chi connectivity index (χ2n) is 11.1. The molecule has 0 radical (unpaired) electrons. The van der Waals surface area contributed by atoms with Gasteiger partial charge in [-0.05, 0) is 24.2 Å². The van der Waals surface area contributed by atoms with E-state index in [9.17, 15) is 26.4 Å². The summed E-state index contributed by atoms with van der Waals surface area (Å²) in [5, 5.41) is 4.33. The molecule has 3 aromatic rings. The minimum atomic E-state index is -4.92. The number of fused-ring (bicyclic) bond motifs is 1. The third-order valence-corrected chi connectivity index (χ3v) is 9.20. The van der Waals surface area contributed by atoms with E-state index >= 15 is 4.39 Å². The number of carbonyl (C=O) groups is 1. The third-order valence-electron chi connectivity index (χ3n) is 7.93. The van der Waals surface area contributed by atoms with E-state index in [-0.39, 0.29) is 29.4 Å². The van der Waals surface area contributed by atoms with E-state index in [0.717, 1.165) is 35.8 Å². The first-order valence-electron chi connectivity index (χ1n) is 14.2. The average Bonchev–Trinajstić information content (AvgIpc) is 3.34. The fourth-order valence-corrected chi connectivity index (χ4v) is 6.03. The maximum Gasteiger partial charge on any atom is 0.423 e. The topological polar surface area (TPSA) is 129 Å². The number of sulfonamides is 1. The van der Waals surface area contributed by atoms with Crippen molar-refractivity contribution in [2.75, 3.05) is 59.0 Å². The highest BCUT2D eigenvalue weighted by Crippen LogP contribution is 2.42. The summed E-state index contributed by atoms with van der Waals surface area (Å²) in [7, 11) is 0.783. The zero-order valence-electron chi connectivity index (χ0n) is 25.4. The number of carbonyl (C=O) groups excluding carboxylic acids is 1. The Morgan fingerprint density at radius 2 is 1.83 bits per heavy atom. The van der Waals surface area contributed by atoms with Gasteiger partial charge in [-0.25, -0.2) is 22.8 Å². The summed E-state index contributed by atoms with van der Waals surface area (Å²) in [5.74, 6) is -2.86. The number of alkyl halides is 3. The van der Waals surface area contributed by atoms with Crippen LogP contribution in [0.2, 0.25) is 0 Å². The highest BCUT2D eigenvalue weighted by Gasteiger charge is 2.43. The van der Waals surface area contributed by atoms with E-state index in [1.807, 2.05) is 7.05 Å². The van der Waals surface area contributed by atoms with Crippen molar-refractivity contribution in [3.63, 3.8) is 0 Å². The maximum absolute atomic E-state index is 15.2. The number of piperazine rings is 1. The first-order valence-corrected chi connectivity index (χ1v) is 16.0. The fourth-order valence-electron chi connectivity index (χ4n) is 5.37. The van der Waals surface area contributed by atoms with E-state index in [4.69, 9.17) is 9.47 Å². The number of nitrogens with one attached hydrogen (secondary N) is 2. The molecule has 1 aliphatic heterocycles. The van der Waals surface area contributed by atoms with Crippen molar-refractivity contribution in [1.29, 1.82) is 0 Å². The maximum atomic E-state index is 15.2.